The van der Waals surface area contributed by atoms with E-state index >= 15 is 0 Å². The van der Waals surface area contributed by atoms with Crippen LogP contribution in [0.15, 0.2) is 54.6 Å². The Balaban J connectivity index is 2.20. The third-order valence-electron chi connectivity index (χ3n) is 3.84. The first-order valence-electron chi connectivity index (χ1n) is 7.74. The fourth-order valence-corrected chi connectivity index (χ4v) is 2.74. The van der Waals surface area contributed by atoms with E-state index in [0.29, 0.717) is 0 Å². The van der Waals surface area contributed by atoms with Gasteiger partial charge in [0, 0.05) is 6.61 Å². The standard InChI is InChI=1S/C19H25NO/c1-4-18(21-5-2)19(20-3)17-13-11-16(12-14-17)15-9-7-6-8-10-15/h6-14,18-20H,4-5H2,1-3H3. The summed E-state index contributed by atoms with van der Waals surface area (Å²) in [6.45, 7) is 4.97. The van der Waals surface area contributed by atoms with E-state index in [2.05, 4.69) is 60.8 Å². The summed E-state index contributed by atoms with van der Waals surface area (Å²) in [5.74, 6) is 0. The van der Waals surface area contributed by atoms with E-state index in [-0.39, 0.29) is 12.1 Å². The van der Waals surface area contributed by atoms with E-state index in [1.807, 2.05) is 20.0 Å². The summed E-state index contributed by atoms with van der Waals surface area (Å²) in [6, 6.07) is 19.5. The van der Waals surface area contributed by atoms with E-state index < -0.39 is 0 Å². The molecule has 112 valence electrons. The maximum atomic E-state index is 5.85. The molecule has 0 saturated heterocycles. The number of nitrogens with one attached hydrogen (secondary N) is 1. The zero-order valence-electron chi connectivity index (χ0n) is 13.2. The van der Waals surface area contributed by atoms with Crippen LogP contribution in [0.3, 0.4) is 0 Å². The van der Waals surface area contributed by atoms with Gasteiger partial charge in [-0.1, -0.05) is 61.5 Å². The van der Waals surface area contributed by atoms with Crippen LogP contribution in [0.1, 0.15) is 31.9 Å². The van der Waals surface area contributed by atoms with Gasteiger partial charge in [0.15, 0.2) is 0 Å². The van der Waals surface area contributed by atoms with Crippen molar-refractivity contribution in [3.8, 4) is 11.1 Å². The third-order valence-corrected chi connectivity index (χ3v) is 3.84. The first-order chi connectivity index (χ1) is 10.3. The van der Waals surface area contributed by atoms with E-state index in [1.54, 1.807) is 0 Å². The van der Waals surface area contributed by atoms with Crippen molar-refractivity contribution in [3.63, 3.8) is 0 Å². The Bertz CT molecular complexity index is 521. The highest BCUT2D eigenvalue weighted by atomic mass is 16.5. The molecule has 0 saturated carbocycles. The molecule has 0 aliphatic rings. The molecule has 0 aliphatic heterocycles. The summed E-state index contributed by atoms with van der Waals surface area (Å²) >= 11 is 0. The minimum atomic E-state index is 0.211. The van der Waals surface area contributed by atoms with Crippen LogP contribution in [-0.2, 0) is 4.74 Å². The first kappa shape index (κ1) is 15.7. The number of benzene rings is 2. The van der Waals surface area contributed by atoms with Crippen LogP contribution >= 0.6 is 0 Å². The summed E-state index contributed by atoms with van der Waals surface area (Å²) in [5, 5.41) is 3.39. The molecular formula is C19H25NO. The molecular weight excluding hydrogens is 258 g/mol. The van der Waals surface area contributed by atoms with Gasteiger partial charge in [-0.25, -0.2) is 0 Å². The van der Waals surface area contributed by atoms with Crippen molar-refractivity contribution in [1.29, 1.82) is 0 Å². The summed E-state index contributed by atoms with van der Waals surface area (Å²) in [6.07, 6.45) is 1.21. The molecule has 1 N–H and O–H groups in total. The second-order valence-electron chi connectivity index (χ2n) is 5.16. The zero-order valence-corrected chi connectivity index (χ0v) is 13.2. The van der Waals surface area contributed by atoms with Gasteiger partial charge in [0.25, 0.3) is 0 Å². The van der Waals surface area contributed by atoms with Crippen LogP contribution in [0, 0.1) is 0 Å². The monoisotopic (exact) mass is 283 g/mol. The van der Waals surface area contributed by atoms with Crippen molar-refractivity contribution < 1.29 is 4.74 Å². The van der Waals surface area contributed by atoms with E-state index in [9.17, 15) is 0 Å². The van der Waals surface area contributed by atoms with Gasteiger partial charge in [-0.05, 0) is 37.1 Å². The second-order valence-corrected chi connectivity index (χ2v) is 5.16. The molecule has 0 aromatic heterocycles. The van der Waals surface area contributed by atoms with Gasteiger partial charge < -0.3 is 10.1 Å². The maximum Gasteiger partial charge on any atom is 0.0766 e. The quantitative estimate of drug-likeness (QED) is 0.811. The van der Waals surface area contributed by atoms with Crippen molar-refractivity contribution in [3.05, 3.63) is 60.2 Å². The zero-order chi connectivity index (χ0) is 15.1. The molecule has 2 heteroatoms. The SMILES string of the molecule is CCOC(CC)C(NC)c1ccc(-c2ccccc2)cc1. The fraction of sp³-hybridized carbons (Fsp3) is 0.368. The molecule has 0 bridgehead atoms. The molecule has 2 aromatic carbocycles. The normalized spacial score (nSPS) is 13.9. The van der Waals surface area contributed by atoms with E-state index in [0.717, 1.165) is 13.0 Å². The van der Waals surface area contributed by atoms with Gasteiger partial charge >= 0.3 is 0 Å². The maximum absolute atomic E-state index is 5.85. The molecule has 0 radical (unpaired) electrons. The van der Waals surface area contributed by atoms with E-state index in [1.165, 1.54) is 16.7 Å². The van der Waals surface area contributed by atoms with Gasteiger partial charge in [0.2, 0.25) is 0 Å². The van der Waals surface area contributed by atoms with Crippen LogP contribution in [-0.4, -0.2) is 19.8 Å². The Morgan fingerprint density at radius 1 is 0.905 bits per heavy atom. The molecule has 2 unspecified atom stereocenters. The van der Waals surface area contributed by atoms with Crippen molar-refractivity contribution in [2.24, 2.45) is 0 Å². The molecule has 0 fully saturated rings. The fourth-order valence-electron chi connectivity index (χ4n) is 2.74. The Kier molecular flexibility index (Phi) is 5.97. The Morgan fingerprint density at radius 3 is 2.05 bits per heavy atom. The topological polar surface area (TPSA) is 21.3 Å². The molecule has 0 amide bonds. The lowest BCUT2D eigenvalue weighted by atomic mass is 9.96. The molecule has 0 aliphatic carbocycles. The van der Waals surface area contributed by atoms with Gasteiger partial charge in [0.1, 0.15) is 0 Å². The number of hydrogen-bond donors (Lipinski definition) is 1. The molecule has 21 heavy (non-hydrogen) atoms. The van der Waals surface area contributed by atoms with Gasteiger partial charge in [-0.15, -0.1) is 0 Å². The molecule has 0 spiro atoms. The smallest absolute Gasteiger partial charge is 0.0766 e. The van der Waals surface area contributed by atoms with Crippen molar-refractivity contribution in [2.75, 3.05) is 13.7 Å². The van der Waals surface area contributed by atoms with Crippen LogP contribution in [0.4, 0.5) is 0 Å². The average molecular weight is 283 g/mol. The Labute approximate surface area is 128 Å². The molecule has 2 atom stereocenters. The summed E-state index contributed by atoms with van der Waals surface area (Å²) in [4.78, 5) is 0. The molecule has 2 aromatic rings. The highest BCUT2D eigenvalue weighted by Crippen LogP contribution is 2.25. The number of rotatable bonds is 7. The van der Waals surface area contributed by atoms with Crippen molar-refractivity contribution in [2.45, 2.75) is 32.4 Å². The lowest BCUT2D eigenvalue weighted by Gasteiger charge is -2.26. The average Bonchev–Trinajstić information content (AvgIpc) is 2.56. The molecule has 0 heterocycles. The van der Waals surface area contributed by atoms with Crippen LogP contribution in [0.25, 0.3) is 11.1 Å². The van der Waals surface area contributed by atoms with Gasteiger partial charge in [-0.2, -0.15) is 0 Å². The second kappa shape index (κ2) is 7.96. The summed E-state index contributed by atoms with van der Waals surface area (Å²) < 4.78 is 5.85. The number of hydrogen-bond acceptors (Lipinski definition) is 2. The van der Waals surface area contributed by atoms with Crippen molar-refractivity contribution in [1.82, 2.24) is 5.32 Å². The Morgan fingerprint density at radius 2 is 1.52 bits per heavy atom. The largest absolute Gasteiger partial charge is 0.377 e. The molecule has 2 rings (SSSR count). The van der Waals surface area contributed by atoms with E-state index in [4.69, 9.17) is 4.74 Å². The predicted octanol–water partition coefficient (Wildman–Crippen LogP) is 4.43. The highest BCUT2D eigenvalue weighted by Gasteiger charge is 2.20. The molecule has 2 nitrogen and oxygen atoms in total. The van der Waals surface area contributed by atoms with Crippen LogP contribution in [0.5, 0.6) is 0 Å². The van der Waals surface area contributed by atoms with Crippen LogP contribution in [0.2, 0.25) is 0 Å². The van der Waals surface area contributed by atoms with Crippen LogP contribution < -0.4 is 5.32 Å². The minimum absolute atomic E-state index is 0.211. The predicted molar refractivity (Wildman–Crippen MR) is 89.4 cm³/mol. The van der Waals surface area contributed by atoms with Gasteiger partial charge in [0.05, 0.1) is 12.1 Å². The minimum Gasteiger partial charge on any atom is -0.377 e. The van der Waals surface area contributed by atoms with Gasteiger partial charge in [-0.3, -0.25) is 0 Å². The van der Waals surface area contributed by atoms with Crippen molar-refractivity contribution >= 4 is 0 Å². The summed E-state index contributed by atoms with van der Waals surface area (Å²) in [7, 11) is 2.00. The first-order valence-corrected chi connectivity index (χ1v) is 7.74. The lowest BCUT2D eigenvalue weighted by molar-refractivity contribution is 0.0334. The number of likely N-dealkylation sites (N-methyl/N-ethyl adjacent to an activating group) is 1. The summed E-state index contributed by atoms with van der Waals surface area (Å²) in [5.41, 5.74) is 3.78. The Hall–Kier alpha value is -1.64. The highest BCUT2D eigenvalue weighted by molar-refractivity contribution is 5.63. The lowest BCUT2D eigenvalue weighted by Crippen LogP contribution is -2.31. The third kappa shape index (κ3) is 3.93. The number of ether oxygens (including phenoxy) is 1.